The first-order chi connectivity index (χ1) is 17.8. The Bertz CT molecular complexity index is 1380. The number of ether oxygens (including phenoxy) is 1. The van der Waals surface area contributed by atoms with Crippen molar-refractivity contribution >= 4 is 27.4 Å². The zero-order chi connectivity index (χ0) is 26.0. The lowest BCUT2D eigenvalue weighted by molar-refractivity contribution is 0.0985. The van der Waals surface area contributed by atoms with E-state index in [0.29, 0.717) is 67.1 Å². The van der Waals surface area contributed by atoms with Crippen molar-refractivity contribution in [3.05, 3.63) is 66.4 Å². The van der Waals surface area contributed by atoms with Gasteiger partial charge in [0.2, 0.25) is 0 Å². The van der Waals surface area contributed by atoms with Gasteiger partial charge in [-0.1, -0.05) is 18.2 Å². The maximum absolute atomic E-state index is 13.8. The third-order valence-electron chi connectivity index (χ3n) is 6.85. The molecular formula is C27H31N5O4S. The lowest BCUT2D eigenvalue weighted by atomic mass is 10.1. The van der Waals surface area contributed by atoms with E-state index in [0.717, 1.165) is 5.56 Å². The molecule has 5 rings (SSSR count). The Labute approximate surface area is 217 Å². The number of urea groups is 1. The van der Waals surface area contributed by atoms with E-state index in [1.807, 2.05) is 31.2 Å². The lowest BCUT2D eigenvalue weighted by Gasteiger charge is -2.34. The average molecular weight is 522 g/mol. The van der Waals surface area contributed by atoms with E-state index in [9.17, 15) is 13.2 Å². The van der Waals surface area contributed by atoms with Gasteiger partial charge in [-0.05, 0) is 63.1 Å². The van der Waals surface area contributed by atoms with Crippen LogP contribution in [0.3, 0.4) is 0 Å². The van der Waals surface area contributed by atoms with Crippen LogP contribution in [0.4, 0.5) is 16.3 Å². The normalized spacial score (nSPS) is 18.8. The number of nitrogens with one attached hydrogen (secondary N) is 2. The lowest BCUT2D eigenvalue weighted by Crippen LogP contribution is -2.44. The van der Waals surface area contributed by atoms with E-state index < -0.39 is 14.6 Å². The molecule has 37 heavy (non-hydrogen) atoms. The Morgan fingerprint density at radius 1 is 1.11 bits per heavy atom. The number of morpholine rings is 1. The van der Waals surface area contributed by atoms with Crippen LogP contribution in [0.2, 0.25) is 0 Å². The van der Waals surface area contributed by atoms with E-state index in [1.165, 1.54) is 0 Å². The number of rotatable bonds is 7. The molecule has 2 aliphatic rings. The van der Waals surface area contributed by atoms with Crippen molar-refractivity contribution in [3.63, 3.8) is 0 Å². The number of nitrogens with zero attached hydrogens (tertiary/aromatic N) is 3. The van der Waals surface area contributed by atoms with Gasteiger partial charge >= 0.3 is 6.03 Å². The number of amides is 2. The summed E-state index contributed by atoms with van der Waals surface area (Å²) in [5, 5.41) is 5.48. The van der Waals surface area contributed by atoms with Gasteiger partial charge in [-0.25, -0.2) is 23.2 Å². The summed E-state index contributed by atoms with van der Waals surface area (Å²) in [4.78, 5) is 24.0. The predicted octanol–water partition coefficient (Wildman–Crippen LogP) is 3.97. The summed E-state index contributed by atoms with van der Waals surface area (Å²) < 4.78 is 32.1. The zero-order valence-corrected chi connectivity index (χ0v) is 21.8. The minimum Gasteiger partial charge on any atom is -0.377 e. The summed E-state index contributed by atoms with van der Waals surface area (Å²) in [6.45, 7) is 6.25. The molecule has 194 valence electrons. The Morgan fingerprint density at radius 3 is 2.49 bits per heavy atom. The number of hydrogen-bond donors (Lipinski definition) is 2. The SMILES string of the molecule is CCNC(=O)Nc1ccc(-c2nc(N3CCOC[C@@H]3C)cc(C3(S(=O)(=O)c4ccccc4)CC3)n2)cc1. The number of hydrogen-bond acceptors (Lipinski definition) is 7. The summed E-state index contributed by atoms with van der Waals surface area (Å²) in [6, 6.07) is 17.5. The molecule has 2 N–H and O–H groups in total. The molecule has 1 aliphatic heterocycles. The van der Waals surface area contributed by atoms with Crippen molar-refractivity contribution in [1.82, 2.24) is 15.3 Å². The third-order valence-corrected chi connectivity index (χ3v) is 9.39. The van der Waals surface area contributed by atoms with Crippen LogP contribution >= 0.6 is 0 Å². The van der Waals surface area contributed by atoms with Crippen LogP contribution in [0.15, 0.2) is 65.6 Å². The molecule has 1 saturated carbocycles. The van der Waals surface area contributed by atoms with Gasteiger partial charge in [0, 0.05) is 30.4 Å². The maximum atomic E-state index is 13.8. The number of carbonyl (C=O) groups is 1. The van der Waals surface area contributed by atoms with E-state index in [2.05, 4.69) is 22.5 Å². The van der Waals surface area contributed by atoms with Crippen molar-refractivity contribution in [2.75, 3.05) is 36.5 Å². The fourth-order valence-corrected chi connectivity index (χ4v) is 6.64. The highest BCUT2D eigenvalue weighted by molar-refractivity contribution is 7.92. The highest BCUT2D eigenvalue weighted by Gasteiger charge is 2.58. The molecule has 0 radical (unpaired) electrons. The number of aromatic nitrogens is 2. The Morgan fingerprint density at radius 2 is 1.84 bits per heavy atom. The summed E-state index contributed by atoms with van der Waals surface area (Å²) in [5.41, 5.74) is 1.89. The summed E-state index contributed by atoms with van der Waals surface area (Å²) in [5.74, 6) is 1.14. The largest absolute Gasteiger partial charge is 0.377 e. The molecule has 0 spiro atoms. The predicted molar refractivity (Wildman–Crippen MR) is 142 cm³/mol. The Balaban J connectivity index is 1.56. The number of benzene rings is 2. The zero-order valence-electron chi connectivity index (χ0n) is 21.0. The van der Waals surface area contributed by atoms with E-state index in [-0.39, 0.29) is 12.1 Å². The molecule has 2 fully saturated rings. The van der Waals surface area contributed by atoms with Crippen LogP contribution in [0, 0.1) is 0 Å². The standard InChI is InChI=1S/C27H31N5O4S/c1-3-28-26(33)29-21-11-9-20(10-12-21)25-30-23(17-24(31-25)32-15-16-36-18-19(32)2)27(13-14-27)37(34,35)22-7-5-4-6-8-22/h4-12,17,19H,3,13-16,18H2,1-2H3,(H2,28,29,33)/t19-/m0/s1. The second-order valence-electron chi connectivity index (χ2n) is 9.42. The Hall–Kier alpha value is -3.50. The molecule has 2 aromatic carbocycles. The number of sulfone groups is 1. The van der Waals surface area contributed by atoms with Gasteiger partial charge in [0.15, 0.2) is 15.7 Å². The van der Waals surface area contributed by atoms with Crippen LogP contribution in [0.25, 0.3) is 11.4 Å². The second-order valence-corrected chi connectivity index (χ2v) is 11.7. The molecular weight excluding hydrogens is 490 g/mol. The maximum Gasteiger partial charge on any atom is 0.319 e. The average Bonchev–Trinajstić information content (AvgIpc) is 3.73. The summed E-state index contributed by atoms with van der Waals surface area (Å²) in [6.07, 6.45) is 1.02. The molecule has 1 atom stereocenters. The highest BCUT2D eigenvalue weighted by Crippen LogP contribution is 2.55. The Kier molecular flexibility index (Phi) is 6.87. The van der Waals surface area contributed by atoms with Crippen molar-refractivity contribution < 1.29 is 17.9 Å². The molecule has 1 saturated heterocycles. The second kappa shape index (κ2) is 10.1. The number of carbonyl (C=O) groups excluding carboxylic acids is 1. The van der Waals surface area contributed by atoms with Gasteiger partial charge in [-0.15, -0.1) is 0 Å². The van der Waals surface area contributed by atoms with Crippen LogP contribution in [0.5, 0.6) is 0 Å². The molecule has 9 nitrogen and oxygen atoms in total. The molecule has 1 aliphatic carbocycles. The molecule has 0 bridgehead atoms. The van der Waals surface area contributed by atoms with Gasteiger partial charge in [0.1, 0.15) is 10.6 Å². The van der Waals surface area contributed by atoms with Crippen LogP contribution in [-0.4, -0.2) is 56.8 Å². The smallest absolute Gasteiger partial charge is 0.319 e. The minimum absolute atomic E-state index is 0.0916. The van der Waals surface area contributed by atoms with Crippen molar-refractivity contribution in [1.29, 1.82) is 0 Å². The first-order valence-electron chi connectivity index (χ1n) is 12.5. The number of anilines is 2. The fraction of sp³-hybridized carbons (Fsp3) is 0.370. The molecule has 0 unspecified atom stereocenters. The van der Waals surface area contributed by atoms with E-state index in [4.69, 9.17) is 14.7 Å². The minimum atomic E-state index is -3.65. The van der Waals surface area contributed by atoms with E-state index in [1.54, 1.807) is 36.4 Å². The van der Waals surface area contributed by atoms with Crippen LogP contribution in [-0.2, 0) is 19.3 Å². The molecule has 3 aromatic rings. The quantitative estimate of drug-likeness (QED) is 0.484. The monoisotopic (exact) mass is 521 g/mol. The molecule has 10 heteroatoms. The molecule has 1 aromatic heterocycles. The van der Waals surface area contributed by atoms with Crippen LogP contribution in [0.1, 0.15) is 32.4 Å². The topological polar surface area (TPSA) is 114 Å². The summed E-state index contributed by atoms with van der Waals surface area (Å²) >= 11 is 0. The van der Waals surface area contributed by atoms with Gasteiger partial charge in [0.05, 0.1) is 29.8 Å². The van der Waals surface area contributed by atoms with Crippen molar-refractivity contribution in [2.45, 2.75) is 42.4 Å². The molecule has 2 heterocycles. The van der Waals surface area contributed by atoms with Crippen molar-refractivity contribution in [3.8, 4) is 11.4 Å². The summed E-state index contributed by atoms with van der Waals surface area (Å²) in [7, 11) is -3.65. The first kappa shape index (κ1) is 25.2. The van der Waals surface area contributed by atoms with E-state index >= 15 is 0 Å². The third kappa shape index (κ3) is 4.91. The first-order valence-corrected chi connectivity index (χ1v) is 14.0. The van der Waals surface area contributed by atoms with Gasteiger partial charge in [0.25, 0.3) is 0 Å². The van der Waals surface area contributed by atoms with Gasteiger partial charge in [-0.3, -0.25) is 0 Å². The highest BCUT2D eigenvalue weighted by atomic mass is 32.2. The van der Waals surface area contributed by atoms with Crippen LogP contribution < -0.4 is 15.5 Å². The van der Waals surface area contributed by atoms with Gasteiger partial charge in [-0.2, -0.15) is 0 Å². The molecule has 2 amide bonds. The fourth-order valence-electron chi connectivity index (χ4n) is 4.65. The van der Waals surface area contributed by atoms with Gasteiger partial charge < -0.3 is 20.3 Å². The van der Waals surface area contributed by atoms with Crippen molar-refractivity contribution in [2.24, 2.45) is 0 Å².